The van der Waals surface area contributed by atoms with Gasteiger partial charge in [-0.15, -0.1) is 0 Å². The molecule has 0 aliphatic carbocycles. The number of carbonyl (C=O) groups excluding carboxylic acids is 1. The Hall–Kier alpha value is -1.56. The highest BCUT2D eigenvalue weighted by molar-refractivity contribution is 5.91. The minimum absolute atomic E-state index is 0.268. The number of rotatable bonds is 2. The van der Waals surface area contributed by atoms with Crippen LogP contribution in [0.1, 0.15) is 6.92 Å². The van der Waals surface area contributed by atoms with Crippen LogP contribution < -0.4 is 16.4 Å². The lowest BCUT2D eigenvalue weighted by atomic mass is 10.3. The van der Waals surface area contributed by atoms with Gasteiger partial charge in [0.15, 0.2) is 0 Å². The van der Waals surface area contributed by atoms with Crippen molar-refractivity contribution >= 4 is 12.2 Å². The van der Waals surface area contributed by atoms with E-state index in [-0.39, 0.29) is 5.91 Å². The van der Waals surface area contributed by atoms with Crippen molar-refractivity contribution in [3.63, 3.8) is 0 Å². The van der Waals surface area contributed by atoms with E-state index in [1.54, 1.807) is 6.92 Å². The topological polar surface area (TPSA) is 68.8 Å². The summed E-state index contributed by atoms with van der Waals surface area (Å²) in [6.45, 7) is 5.08. The minimum atomic E-state index is -0.268. The summed E-state index contributed by atoms with van der Waals surface area (Å²) in [6, 6.07) is 0. The zero-order valence-electron chi connectivity index (χ0n) is 6.09. The molecule has 1 heterocycles. The molecule has 1 aliphatic heterocycles. The molecule has 1 aliphatic rings. The maximum Gasteiger partial charge on any atom is 0.263 e. The summed E-state index contributed by atoms with van der Waals surface area (Å²) < 4.78 is 0. The van der Waals surface area contributed by atoms with Gasteiger partial charge in [-0.3, -0.25) is 10.2 Å². The fourth-order valence-electron chi connectivity index (χ4n) is 0.456. The van der Waals surface area contributed by atoms with Crippen molar-refractivity contribution in [2.75, 3.05) is 0 Å². The van der Waals surface area contributed by atoms with Gasteiger partial charge in [-0.1, -0.05) is 6.58 Å². The van der Waals surface area contributed by atoms with Gasteiger partial charge in [0.1, 0.15) is 6.34 Å². The molecule has 0 fully saturated rings. The predicted molar refractivity (Wildman–Crippen MR) is 39.6 cm³/mol. The summed E-state index contributed by atoms with van der Waals surface area (Å²) >= 11 is 0. The first-order valence-corrected chi connectivity index (χ1v) is 3.00. The SMILES string of the molecule is C=C(C)C(=O)NN1NC=NN1. The molecule has 1 amide bonds. The average molecular weight is 155 g/mol. The summed E-state index contributed by atoms with van der Waals surface area (Å²) in [5, 5.41) is 4.79. The van der Waals surface area contributed by atoms with E-state index in [2.05, 4.69) is 28.1 Å². The molecule has 1 rings (SSSR count). The minimum Gasteiger partial charge on any atom is -0.270 e. The van der Waals surface area contributed by atoms with E-state index in [0.717, 1.165) is 0 Å². The van der Waals surface area contributed by atoms with E-state index in [9.17, 15) is 4.79 Å². The Morgan fingerprint density at radius 3 is 3.00 bits per heavy atom. The van der Waals surface area contributed by atoms with Crippen molar-refractivity contribution in [1.82, 2.24) is 21.6 Å². The van der Waals surface area contributed by atoms with Crippen LogP contribution in [-0.2, 0) is 4.79 Å². The van der Waals surface area contributed by atoms with Crippen LogP contribution in [0.5, 0.6) is 0 Å². The first-order chi connectivity index (χ1) is 5.20. The lowest BCUT2D eigenvalue weighted by Gasteiger charge is -2.14. The Bertz CT molecular complexity index is 203. The van der Waals surface area contributed by atoms with Crippen LogP contribution in [0.15, 0.2) is 17.3 Å². The molecular formula is C5H9N5O. The molecule has 0 saturated heterocycles. The molecular weight excluding hydrogens is 146 g/mol. The largest absolute Gasteiger partial charge is 0.270 e. The Morgan fingerprint density at radius 1 is 1.82 bits per heavy atom. The molecule has 0 radical (unpaired) electrons. The first-order valence-electron chi connectivity index (χ1n) is 3.00. The highest BCUT2D eigenvalue weighted by Gasteiger charge is 2.09. The molecule has 0 saturated carbocycles. The molecule has 0 atom stereocenters. The average Bonchev–Trinajstić information content (AvgIpc) is 2.39. The smallest absolute Gasteiger partial charge is 0.263 e. The fraction of sp³-hybridized carbons (Fsp3) is 0.200. The highest BCUT2D eigenvalue weighted by Crippen LogP contribution is 1.85. The quantitative estimate of drug-likeness (QED) is 0.441. The Balaban J connectivity index is 2.31. The number of hydrogen-bond donors (Lipinski definition) is 3. The van der Waals surface area contributed by atoms with Crippen molar-refractivity contribution in [1.29, 1.82) is 0 Å². The van der Waals surface area contributed by atoms with Crippen LogP contribution in [0.4, 0.5) is 0 Å². The molecule has 0 aromatic rings. The van der Waals surface area contributed by atoms with Gasteiger partial charge >= 0.3 is 0 Å². The van der Waals surface area contributed by atoms with Crippen LogP contribution >= 0.6 is 0 Å². The first kappa shape index (κ1) is 7.55. The van der Waals surface area contributed by atoms with E-state index >= 15 is 0 Å². The van der Waals surface area contributed by atoms with Crippen LogP contribution in [-0.4, -0.2) is 17.5 Å². The second-order valence-corrected chi connectivity index (χ2v) is 2.04. The third-order valence-corrected chi connectivity index (χ3v) is 1.01. The Kier molecular flexibility index (Phi) is 2.07. The summed E-state index contributed by atoms with van der Waals surface area (Å²) in [5.41, 5.74) is 7.92. The normalized spacial score (nSPS) is 15.4. The van der Waals surface area contributed by atoms with Crippen molar-refractivity contribution < 1.29 is 4.79 Å². The Morgan fingerprint density at radius 2 is 2.55 bits per heavy atom. The van der Waals surface area contributed by atoms with E-state index in [0.29, 0.717) is 5.57 Å². The van der Waals surface area contributed by atoms with Gasteiger partial charge in [0.2, 0.25) is 0 Å². The van der Waals surface area contributed by atoms with Gasteiger partial charge in [-0.25, -0.2) is 11.0 Å². The van der Waals surface area contributed by atoms with Crippen LogP contribution in [0.3, 0.4) is 0 Å². The number of nitrogens with zero attached hydrogens (tertiary/aromatic N) is 2. The zero-order chi connectivity index (χ0) is 8.27. The summed E-state index contributed by atoms with van der Waals surface area (Å²) in [7, 11) is 0. The summed E-state index contributed by atoms with van der Waals surface area (Å²) in [4.78, 5) is 10.9. The zero-order valence-corrected chi connectivity index (χ0v) is 6.09. The predicted octanol–water partition coefficient (Wildman–Crippen LogP) is -1.14. The molecule has 0 aromatic heterocycles. The molecule has 6 heteroatoms. The monoisotopic (exact) mass is 155 g/mol. The maximum absolute atomic E-state index is 10.9. The second kappa shape index (κ2) is 3.02. The number of hydrogen-bond acceptors (Lipinski definition) is 5. The van der Waals surface area contributed by atoms with Gasteiger partial charge in [-0.2, -0.15) is 5.10 Å². The van der Waals surface area contributed by atoms with Gasteiger partial charge < -0.3 is 0 Å². The second-order valence-electron chi connectivity index (χ2n) is 2.04. The molecule has 0 bridgehead atoms. The maximum atomic E-state index is 10.9. The number of hydrazine groups is 3. The van der Waals surface area contributed by atoms with Gasteiger partial charge in [0.05, 0.1) is 0 Å². The van der Waals surface area contributed by atoms with Gasteiger partial charge in [0, 0.05) is 5.57 Å². The van der Waals surface area contributed by atoms with E-state index in [4.69, 9.17) is 0 Å². The third kappa shape index (κ3) is 1.94. The van der Waals surface area contributed by atoms with E-state index in [1.165, 1.54) is 11.6 Å². The molecule has 6 nitrogen and oxygen atoms in total. The Labute approximate surface area is 63.9 Å². The molecule has 0 aromatic carbocycles. The lowest BCUT2D eigenvalue weighted by molar-refractivity contribution is -0.124. The number of nitrogens with one attached hydrogen (secondary N) is 3. The third-order valence-electron chi connectivity index (χ3n) is 1.01. The molecule has 3 N–H and O–H groups in total. The number of hydrazone groups is 1. The number of amides is 1. The van der Waals surface area contributed by atoms with Crippen LogP contribution in [0.25, 0.3) is 0 Å². The van der Waals surface area contributed by atoms with Gasteiger partial charge in [0.25, 0.3) is 5.91 Å². The number of carbonyl (C=O) groups is 1. The fourth-order valence-corrected chi connectivity index (χ4v) is 0.456. The summed E-state index contributed by atoms with van der Waals surface area (Å²) in [5.74, 6) is -0.268. The van der Waals surface area contributed by atoms with Crippen molar-refractivity contribution in [3.8, 4) is 0 Å². The van der Waals surface area contributed by atoms with Gasteiger partial charge in [-0.05, 0) is 12.2 Å². The molecule has 11 heavy (non-hydrogen) atoms. The lowest BCUT2D eigenvalue weighted by Crippen LogP contribution is -2.52. The van der Waals surface area contributed by atoms with Crippen LogP contribution in [0.2, 0.25) is 0 Å². The van der Waals surface area contributed by atoms with Crippen molar-refractivity contribution in [3.05, 3.63) is 12.2 Å². The molecule has 0 spiro atoms. The summed E-state index contributed by atoms with van der Waals surface area (Å²) in [6.07, 6.45) is 1.40. The van der Waals surface area contributed by atoms with E-state index in [1.807, 2.05) is 0 Å². The van der Waals surface area contributed by atoms with Crippen LogP contribution in [0, 0.1) is 0 Å². The van der Waals surface area contributed by atoms with Crippen molar-refractivity contribution in [2.24, 2.45) is 5.10 Å². The van der Waals surface area contributed by atoms with Crippen molar-refractivity contribution in [2.45, 2.75) is 6.92 Å². The van der Waals surface area contributed by atoms with E-state index < -0.39 is 0 Å². The molecule has 0 unspecified atom stereocenters. The molecule has 60 valence electrons. The highest BCUT2D eigenvalue weighted by atomic mass is 16.2. The standard InChI is InChI=1S/C5H9N5O/c1-4(2)5(11)8-10-7-3-6-9-10/h3,9H,1H2,2H3,(H,6,7)(H,8,11).